The highest BCUT2D eigenvalue weighted by Gasteiger charge is 2.38. The summed E-state index contributed by atoms with van der Waals surface area (Å²) in [7, 11) is 0. The highest BCUT2D eigenvalue weighted by atomic mass is 16.5. The van der Waals surface area contributed by atoms with Gasteiger partial charge in [-0.2, -0.15) is 0 Å². The minimum atomic E-state index is -1.09. The first-order valence-corrected chi connectivity index (χ1v) is 12.5. The number of nitrogens with one attached hydrogen (secondary N) is 1. The number of hydrogen-bond donors (Lipinski definition) is 2. The first-order valence-electron chi connectivity index (χ1n) is 12.5. The van der Waals surface area contributed by atoms with Crippen LogP contribution in [0.3, 0.4) is 0 Å². The first-order chi connectivity index (χ1) is 18.7. The molecule has 0 bridgehead atoms. The zero-order valence-electron chi connectivity index (χ0n) is 21.5. The van der Waals surface area contributed by atoms with Gasteiger partial charge in [-0.05, 0) is 50.2 Å². The van der Waals surface area contributed by atoms with Crippen molar-refractivity contribution in [2.45, 2.75) is 32.5 Å². The topological polar surface area (TPSA) is 139 Å². The second kappa shape index (κ2) is 10.5. The lowest BCUT2D eigenvalue weighted by Crippen LogP contribution is -2.55. The number of benzene rings is 3. The normalized spacial score (nSPS) is 16.0. The number of ketones is 1. The van der Waals surface area contributed by atoms with Crippen LogP contribution in [0.2, 0.25) is 0 Å². The smallest absolute Gasteiger partial charge is 0.258 e. The van der Waals surface area contributed by atoms with E-state index in [1.807, 2.05) is 18.2 Å². The highest BCUT2D eigenvalue weighted by molar-refractivity contribution is 6.13. The van der Waals surface area contributed by atoms with Crippen molar-refractivity contribution < 1.29 is 23.7 Å². The Bertz CT molecular complexity index is 1580. The van der Waals surface area contributed by atoms with E-state index in [-0.39, 0.29) is 24.8 Å². The predicted octanol–water partition coefficient (Wildman–Crippen LogP) is 3.06. The van der Waals surface area contributed by atoms with Gasteiger partial charge in [-0.1, -0.05) is 41.6 Å². The number of nitrogens with zero attached hydrogens (tertiary/aromatic N) is 3. The van der Waals surface area contributed by atoms with Crippen LogP contribution in [0.25, 0.3) is 11.0 Å². The quantitative estimate of drug-likeness (QED) is 0.369. The third-order valence-electron chi connectivity index (χ3n) is 6.67. The monoisotopic (exact) mass is 525 g/mol. The lowest BCUT2D eigenvalue weighted by Gasteiger charge is -2.25. The maximum absolute atomic E-state index is 14.0. The maximum Gasteiger partial charge on any atom is 0.258 e. The molecule has 198 valence electrons. The molecular formula is C29H27N5O5. The summed E-state index contributed by atoms with van der Waals surface area (Å²) < 4.78 is 5.45. The van der Waals surface area contributed by atoms with Gasteiger partial charge in [-0.15, -0.1) is 0 Å². The molecule has 0 aliphatic carbocycles. The Balaban J connectivity index is 1.59. The number of aromatic nitrogens is 1. The number of nitrogens with two attached hydrogens (primary N) is 1. The van der Waals surface area contributed by atoms with Crippen molar-refractivity contribution >= 4 is 45.8 Å². The van der Waals surface area contributed by atoms with E-state index in [2.05, 4.69) is 10.5 Å². The van der Waals surface area contributed by atoms with Crippen LogP contribution >= 0.6 is 0 Å². The van der Waals surface area contributed by atoms with Crippen molar-refractivity contribution in [3.05, 3.63) is 89.6 Å². The Kier molecular flexibility index (Phi) is 6.95. The summed E-state index contributed by atoms with van der Waals surface area (Å²) in [4.78, 5) is 55.1. The van der Waals surface area contributed by atoms with Gasteiger partial charge in [0.25, 0.3) is 11.8 Å². The SMILES string of the molecule is CC(=O)c1ccc(C(=O)N2C[C@H](NC(=O)[C@H](C)N)C(=O)N(Cc3noc4ccccc34)c3ccccc32)cc1. The van der Waals surface area contributed by atoms with E-state index in [9.17, 15) is 19.2 Å². The lowest BCUT2D eigenvalue weighted by molar-refractivity contribution is -0.127. The van der Waals surface area contributed by atoms with E-state index in [1.165, 1.54) is 23.6 Å². The first kappa shape index (κ1) is 25.8. The molecule has 2 atom stereocenters. The summed E-state index contributed by atoms with van der Waals surface area (Å²) >= 11 is 0. The summed E-state index contributed by atoms with van der Waals surface area (Å²) in [5.74, 6) is -1.45. The summed E-state index contributed by atoms with van der Waals surface area (Å²) in [5, 5.41) is 7.65. The van der Waals surface area contributed by atoms with E-state index in [0.29, 0.717) is 33.8 Å². The van der Waals surface area contributed by atoms with E-state index in [4.69, 9.17) is 10.3 Å². The maximum atomic E-state index is 14.0. The number of anilines is 2. The molecule has 1 aliphatic heterocycles. The number of carbonyl (C=O) groups is 4. The third kappa shape index (κ3) is 5.01. The standard InChI is InChI=1S/C29H27N5O5/c1-17(30)27(36)31-23-16-33(28(37)20-13-11-19(12-14-20)18(2)35)24-8-4-5-9-25(24)34(29(23)38)15-22-21-7-3-6-10-26(21)39-32-22/h3-14,17,23H,15-16,30H2,1-2H3,(H,31,36)/t17-,23-/m0/s1. The van der Waals surface area contributed by atoms with Crippen LogP contribution < -0.4 is 20.9 Å². The van der Waals surface area contributed by atoms with Gasteiger partial charge in [0.05, 0.1) is 30.5 Å². The Morgan fingerprint density at radius 2 is 1.64 bits per heavy atom. The fourth-order valence-electron chi connectivity index (χ4n) is 4.56. The van der Waals surface area contributed by atoms with Crippen LogP contribution in [0.1, 0.15) is 40.3 Å². The molecule has 3 N–H and O–H groups in total. The number of fused-ring (bicyclic) bond motifs is 2. The predicted molar refractivity (Wildman–Crippen MR) is 145 cm³/mol. The molecule has 0 saturated heterocycles. The minimum Gasteiger partial charge on any atom is -0.356 e. The molecule has 10 nitrogen and oxygen atoms in total. The second-order valence-corrected chi connectivity index (χ2v) is 9.44. The molecule has 10 heteroatoms. The molecule has 5 rings (SSSR count). The van der Waals surface area contributed by atoms with Crippen LogP contribution in [-0.4, -0.2) is 47.3 Å². The van der Waals surface area contributed by atoms with Crippen molar-refractivity contribution in [3.8, 4) is 0 Å². The zero-order valence-corrected chi connectivity index (χ0v) is 21.5. The molecule has 39 heavy (non-hydrogen) atoms. The zero-order chi connectivity index (χ0) is 27.7. The van der Waals surface area contributed by atoms with Crippen LogP contribution in [0, 0.1) is 0 Å². The molecule has 3 aromatic carbocycles. The van der Waals surface area contributed by atoms with Gasteiger partial charge in [0.1, 0.15) is 11.7 Å². The molecule has 0 spiro atoms. The Labute approximate surface area is 224 Å². The van der Waals surface area contributed by atoms with Crippen LogP contribution in [-0.2, 0) is 16.1 Å². The second-order valence-electron chi connectivity index (χ2n) is 9.44. The van der Waals surface area contributed by atoms with Crippen molar-refractivity contribution in [3.63, 3.8) is 0 Å². The molecule has 0 unspecified atom stereocenters. The van der Waals surface area contributed by atoms with Crippen molar-refractivity contribution in [1.29, 1.82) is 0 Å². The molecule has 0 saturated carbocycles. The van der Waals surface area contributed by atoms with Gasteiger partial charge >= 0.3 is 0 Å². The molecule has 2 heterocycles. The summed E-state index contributed by atoms with van der Waals surface area (Å²) in [6.45, 7) is 2.89. The Morgan fingerprint density at radius 1 is 1.00 bits per heavy atom. The van der Waals surface area contributed by atoms with Crippen molar-refractivity contribution in [2.24, 2.45) is 5.73 Å². The number of para-hydroxylation sites is 3. The van der Waals surface area contributed by atoms with Gasteiger partial charge in [-0.25, -0.2) is 0 Å². The molecule has 0 fully saturated rings. The number of amides is 3. The number of hydrogen-bond acceptors (Lipinski definition) is 7. The van der Waals surface area contributed by atoms with Crippen molar-refractivity contribution in [2.75, 3.05) is 16.3 Å². The number of Topliss-reactive ketones (excluding diaryl/α,β-unsaturated/α-hetero) is 1. The summed E-state index contributed by atoms with van der Waals surface area (Å²) in [6.07, 6.45) is 0. The highest BCUT2D eigenvalue weighted by Crippen LogP contribution is 2.35. The largest absolute Gasteiger partial charge is 0.356 e. The average molecular weight is 526 g/mol. The molecule has 1 aliphatic rings. The molecular weight excluding hydrogens is 498 g/mol. The number of rotatable bonds is 6. The van der Waals surface area contributed by atoms with E-state index in [1.54, 1.807) is 54.6 Å². The molecule has 0 radical (unpaired) electrons. The van der Waals surface area contributed by atoms with Gasteiger partial charge in [0.15, 0.2) is 11.4 Å². The fourth-order valence-corrected chi connectivity index (χ4v) is 4.56. The van der Waals surface area contributed by atoms with Gasteiger partial charge in [0, 0.05) is 16.5 Å². The Hall–Kier alpha value is -4.83. The summed E-state index contributed by atoms with van der Waals surface area (Å²) in [5.41, 5.74) is 8.66. The lowest BCUT2D eigenvalue weighted by atomic mass is 10.1. The van der Waals surface area contributed by atoms with Gasteiger partial charge in [-0.3, -0.25) is 19.2 Å². The minimum absolute atomic E-state index is 0.0484. The van der Waals surface area contributed by atoms with Crippen molar-refractivity contribution in [1.82, 2.24) is 10.5 Å². The van der Waals surface area contributed by atoms with E-state index in [0.717, 1.165) is 5.39 Å². The molecule has 4 aromatic rings. The Morgan fingerprint density at radius 3 is 2.33 bits per heavy atom. The number of carbonyl (C=O) groups excluding carboxylic acids is 4. The van der Waals surface area contributed by atoms with Crippen LogP contribution in [0.15, 0.2) is 77.3 Å². The molecule has 1 aromatic heterocycles. The van der Waals surface area contributed by atoms with Gasteiger partial charge < -0.3 is 25.4 Å². The van der Waals surface area contributed by atoms with Gasteiger partial charge in [0.2, 0.25) is 5.91 Å². The van der Waals surface area contributed by atoms with E-state index < -0.39 is 23.9 Å². The van der Waals surface area contributed by atoms with Crippen LogP contribution in [0.4, 0.5) is 11.4 Å². The third-order valence-corrected chi connectivity index (χ3v) is 6.67. The van der Waals surface area contributed by atoms with E-state index >= 15 is 0 Å². The average Bonchev–Trinajstić information content (AvgIpc) is 3.31. The fraction of sp³-hybridized carbons (Fsp3) is 0.207. The molecule has 3 amide bonds. The summed E-state index contributed by atoms with van der Waals surface area (Å²) in [6, 6.07) is 18.7. The van der Waals surface area contributed by atoms with Crippen LogP contribution in [0.5, 0.6) is 0 Å².